The molecule has 3 heterocycles. The molecule has 1 aromatic heterocycles. The number of likely N-dealkylation sites (tertiary alicyclic amines) is 1. The Morgan fingerprint density at radius 2 is 2.12 bits per heavy atom. The van der Waals surface area contributed by atoms with E-state index in [0.29, 0.717) is 17.4 Å². The topological polar surface area (TPSA) is 42.4 Å². The largest absolute Gasteiger partial charge is 0.473 e. The number of carbonyl (C=O) groups excluding carboxylic acids is 1. The highest BCUT2D eigenvalue weighted by molar-refractivity contribution is 7.99. The van der Waals surface area contributed by atoms with Gasteiger partial charge in [-0.3, -0.25) is 4.79 Å². The second kappa shape index (κ2) is 8.12. The predicted octanol–water partition coefficient (Wildman–Crippen LogP) is 3.67. The molecule has 2 aromatic rings. The van der Waals surface area contributed by atoms with Gasteiger partial charge in [0.1, 0.15) is 6.10 Å². The van der Waals surface area contributed by atoms with E-state index in [4.69, 9.17) is 4.74 Å². The van der Waals surface area contributed by atoms with Crippen molar-refractivity contribution in [1.29, 1.82) is 0 Å². The van der Waals surface area contributed by atoms with Crippen LogP contribution < -0.4 is 4.74 Å². The predicted molar refractivity (Wildman–Crippen MR) is 105 cm³/mol. The van der Waals surface area contributed by atoms with Gasteiger partial charge in [-0.1, -0.05) is 30.3 Å². The van der Waals surface area contributed by atoms with Crippen LogP contribution in [0.1, 0.15) is 28.8 Å². The van der Waals surface area contributed by atoms with Gasteiger partial charge in [-0.25, -0.2) is 4.98 Å². The van der Waals surface area contributed by atoms with E-state index in [1.807, 2.05) is 22.7 Å². The molecule has 5 heteroatoms. The van der Waals surface area contributed by atoms with Crippen LogP contribution in [0.2, 0.25) is 0 Å². The summed E-state index contributed by atoms with van der Waals surface area (Å²) in [5, 5.41) is 0. The molecule has 0 bridgehead atoms. The third kappa shape index (κ3) is 4.21. The summed E-state index contributed by atoms with van der Waals surface area (Å²) in [6.45, 7) is 1.65. The first-order valence-electron chi connectivity index (χ1n) is 9.31. The monoisotopic (exact) mass is 368 g/mol. The van der Waals surface area contributed by atoms with E-state index in [-0.39, 0.29) is 12.0 Å². The Balaban J connectivity index is 1.37. The number of carbonyl (C=O) groups is 1. The summed E-state index contributed by atoms with van der Waals surface area (Å²) in [6, 6.07) is 14.1. The van der Waals surface area contributed by atoms with Crippen LogP contribution in [0.25, 0.3) is 0 Å². The van der Waals surface area contributed by atoms with E-state index < -0.39 is 0 Å². The molecule has 2 saturated heterocycles. The number of nitrogens with zero attached hydrogens (tertiary/aromatic N) is 2. The summed E-state index contributed by atoms with van der Waals surface area (Å²) in [4.78, 5) is 19.1. The first-order valence-corrected chi connectivity index (χ1v) is 10.5. The lowest BCUT2D eigenvalue weighted by molar-refractivity contribution is 0.0786. The molecule has 2 atom stereocenters. The highest BCUT2D eigenvalue weighted by atomic mass is 32.2. The van der Waals surface area contributed by atoms with Gasteiger partial charge in [-0.15, -0.1) is 0 Å². The van der Waals surface area contributed by atoms with Crippen molar-refractivity contribution >= 4 is 17.7 Å². The maximum Gasteiger partial charge on any atom is 0.254 e. The average molecular weight is 369 g/mol. The summed E-state index contributed by atoms with van der Waals surface area (Å²) < 4.78 is 5.93. The fraction of sp³-hybridized carbons (Fsp3) is 0.429. The van der Waals surface area contributed by atoms with Crippen LogP contribution in [0.4, 0.5) is 0 Å². The van der Waals surface area contributed by atoms with Crippen molar-refractivity contribution in [2.24, 2.45) is 5.92 Å². The molecule has 0 spiro atoms. The number of thioether (sulfide) groups is 1. The minimum absolute atomic E-state index is 0.0913. The number of rotatable bonds is 5. The van der Waals surface area contributed by atoms with Gasteiger partial charge in [0.05, 0.1) is 0 Å². The molecule has 1 aromatic carbocycles. The van der Waals surface area contributed by atoms with Crippen molar-refractivity contribution in [2.75, 3.05) is 24.6 Å². The molecule has 26 heavy (non-hydrogen) atoms. The molecule has 0 aliphatic carbocycles. The first-order chi connectivity index (χ1) is 12.8. The second-order valence-electron chi connectivity index (χ2n) is 7.08. The lowest BCUT2D eigenvalue weighted by Gasteiger charge is -2.18. The lowest BCUT2D eigenvalue weighted by Crippen LogP contribution is -2.29. The van der Waals surface area contributed by atoms with Crippen LogP contribution in [-0.2, 0) is 6.42 Å². The third-order valence-electron chi connectivity index (χ3n) is 5.10. The van der Waals surface area contributed by atoms with E-state index in [1.165, 1.54) is 5.56 Å². The van der Waals surface area contributed by atoms with Crippen molar-refractivity contribution in [2.45, 2.75) is 25.4 Å². The summed E-state index contributed by atoms with van der Waals surface area (Å²) in [6.07, 6.45) is 5.06. The Bertz CT molecular complexity index is 747. The van der Waals surface area contributed by atoms with E-state index in [9.17, 15) is 4.79 Å². The van der Waals surface area contributed by atoms with Crippen molar-refractivity contribution in [3.8, 4) is 5.88 Å². The average Bonchev–Trinajstić information content (AvgIpc) is 3.34. The molecular formula is C21H24N2O2S. The van der Waals surface area contributed by atoms with Crippen molar-refractivity contribution < 1.29 is 9.53 Å². The Morgan fingerprint density at radius 3 is 2.92 bits per heavy atom. The molecule has 2 aliphatic heterocycles. The van der Waals surface area contributed by atoms with E-state index in [0.717, 1.165) is 43.9 Å². The molecule has 136 valence electrons. The van der Waals surface area contributed by atoms with Gasteiger partial charge in [-0.05, 0) is 42.6 Å². The molecule has 0 N–H and O–H groups in total. The molecule has 2 aliphatic rings. The van der Waals surface area contributed by atoms with Gasteiger partial charge in [0, 0.05) is 36.7 Å². The van der Waals surface area contributed by atoms with Crippen molar-refractivity contribution in [1.82, 2.24) is 9.88 Å². The molecule has 2 fully saturated rings. The SMILES string of the molecule is O=C(c1ccnc(OC2CCSC2)c1)N1CCC(Cc2ccccc2)C1. The quantitative estimate of drug-likeness (QED) is 0.808. The number of aromatic nitrogens is 1. The van der Waals surface area contributed by atoms with Crippen LogP contribution in [0.5, 0.6) is 5.88 Å². The zero-order chi connectivity index (χ0) is 17.8. The molecule has 1 amide bonds. The molecule has 4 nitrogen and oxygen atoms in total. The number of benzene rings is 1. The Morgan fingerprint density at radius 1 is 1.23 bits per heavy atom. The normalized spacial score (nSPS) is 22.5. The van der Waals surface area contributed by atoms with E-state index in [1.54, 1.807) is 18.3 Å². The number of amides is 1. The van der Waals surface area contributed by atoms with Crippen LogP contribution in [0.3, 0.4) is 0 Å². The minimum Gasteiger partial charge on any atom is -0.473 e. The first kappa shape index (κ1) is 17.4. The number of hydrogen-bond donors (Lipinski definition) is 0. The highest BCUT2D eigenvalue weighted by Crippen LogP contribution is 2.25. The molecule has 2 unspecified atom stereocenters. The lowest BCUT2D eigenvalue weighted by atomic mass is 9.99. The van der Waals surface area contributed by atoms with Gasteiger partial charge in [0.25, 0.3) is 5.91 Å². The maximum atomic E-state index is 12.9. The second-order valence-corrected chi connectivity index (χ2v) is 8.23. The van der Waals surface area contributed by atoms with Crippen LogP contribution in [-0.4, -0.2) is 46.5 Å². The summed E-state index contributed by atoms with van der Waals surface area (Å²) in [5.74, 6) is 3.35. The molecule has 4 rings (SSSR count). The fourth-order valence-electron chi connectivity index (χ4n) is 3.70. The Labute approximate surface area is 159 Å². The zero-order valence-corrected chi connectivity index (χ0v) is 15.7. The zero-order valence-electron chi connectivity index (χ0n) is 14.8. The van der Waals surface area contributed by atoms with Gasteiger partial charge < -0.3 is 9.64 Å². The van der Waals surface area contributed by atoms with E-state index in [2.05, 4.69) is 29.2 Å². The summed E-state index contributed by atoms with van der Waals surface area (Å²) in [7, 11) is 0. The summed E-state index contributed by atoms with van der Waals surface area (Å²) in [5.41, 5.74) is 2.03. The van der Waals surface area contributed by atoms with Crippen LogP contribution >= 0.6 is 11.8 Å². The van der Waals surface area contributed by atoms with Gasteiger partial charge in [-0.2, -0.15) is 11.8 Å². The minimum atomic E-state index is 0.0913. The highest BCUT2D eigenvalue weighted by Gasteiger charge is 2.27. The standard InChI is InChI=1S/C21H24N2O2S/c24-21(18-6-9-22-20(13-18)25-19-8-11-26-15-19)23-10-7-17(14-23)12-16-4-2-1-3-5-16/h1-6,9,13,17,19H,7-8,10-12,14-15H2. The van der Waals surface area contributed by atoms with Crippen molar-refractivity contribution in [3.63, 3.8) is 0 Å². The molecule has 0 saturated carbocycles. The van der Waals surface area contributed by atoms with Crippen LogP contribution in [0.15, 0.2) is 48.7 Å². The number of pyridine rings is 1. The maximum absolute atomic E-state index is 12.9. The summed E-state index contributed by atoms with van der Waals surface area (Å²) >= 11 is 1.91. The van der Waals surface area contributed by atoms with Crippen LogP contribution in [0, 0.1) is 5.92 Å². The van der Waals surface area contributed by atoms with Gasteiger partial charge in [0.15, 0.2) is 0 Å². The number of hydrogen-bond acceptors (Lipinski definition) is 4. The molecular weight excluding hydrogens is 344 g/mol. The third-order valence-corrected chi connectivity index (χ3v) is 6.23. The Kier molecular flexibility index (Phi) is 5.44. The van der Waals surface area contributed by atoms with E-state index >= 15 is 0 Å². The van der Waals surface area contributed by atoms with Gasteiger partial charge in [0.2, 0.25) is 5.88 Å². The number of ether oxygens (including phenoxy) is 1. The smallest absolute Gasteiger partial charge is 0.254 e. The molecule has 0 radical (unpaired) electrons. The van der Waals surface area contributed by atoms with Gasteiger partial charge >= 0.3 is 0 Å². The Hall–Kier alpha value is -2.01. The van der Waals surface area contributed by atoms with Crippen molar-refractivity contribution in [3.05, 3.63) is 59.8 Å². The fourth-order valence-corrected chi connectivity index (χ4v) is 4.79.